The van der Waals surface area contributed by atoms with Gasteiger partial charge in [0.25, 0.3) is 0 Å². The lowest BCUT2D eigenvalue weighted by molar-refractivity contribution is 0.262. The molecule has 1 fully saturated rings. The van der Waals surface area contributed by atoms with Crippen molar-refractivity contribution in [3.05, 3.63) is 77.3 Å². The Kier molecular flexibility index (Phi) is 5.23. The molecule has 1 saturated heterocycles. The van der Waals surface area contributed by atoms with E-state index in [1.807, 2.05) is 31.3 Å². The highest BCUT2D eigenvalue weighted by Crippen LogP contribution is 2.43. The van der Waals surface area contributed by atoms with Crippen molar-refractivity contribution < 1.29 is 8.42 Å². The minimum absolute atomic E-state index is 0.268. The number of anilines is 1. The van der Waals surface area contributed by atoms with Gasteiger partial charge in [-0.05, 0) is 30.5 Å². The summed E-state index contributed by atoms with van der Waals surface area (Å²) in [5.74, 6) is 0. The summed E-state index contributed by atoms with van der Waals surface area (Å²) in [6.07, 6.45) is 1.41. The molecule has 1 aromatic heterocycles. The Labute approximate surface area is 170 Å². The maximum absolute atomic E-state index is 13.0. The van der Waals surface area contributed by atoms with Gasteiger partial charge in [0.05, 0.1) is 10.6 Å². The summed E-state index contributed by atoms with van der Waals surface area (Å²) in [4.78, 5) is 5.14. The van der Waals surface area contributed by atoms with Crippen molar-refractivity contribution in [3.8, 4) is 0 Å². The Morgan fingerprint density at radius 1 is 1.00 bits per heavy atom. The van der Waals surface area contributed by atoms with Crippen LogP contribution in [0.15, 0.2) is 70.9 Å². The molecule has 0 atom stereocenters. The molecule has 0 unspecified atom stereocenters. The smallest absolute Gasteiger partial charge is 0.243 e. The average molecular weight is 414 g/mol. The molecule has 3 aromatic rings. The van der Waals surface area contributed by atoms with Gasteiger partial charge in [-0.25, -0.2) is 13.4 Å². The van der Waals surface area contributed by atoms with Crippen molar-refractivity contribution in [2.45, 2.75) is 23.2 Å². The summed E-state index contributed by atoms with van der Waals surface area (Å²) in [6, 6.07) is 19.0. The fourth-order valence-electron chi connectivity index (χ4n) is 3.91. The zero-order chi connectivity index (χ0) is 19.6. The van der Waals surface area contributed by atoms with Crippen molar-refractivity contribution in [3.63, 3.8) is 0 Å². The van der Waals surface area contributed by atoms with E-state index in [-0.39, 0.29) is 5.41 Å². The van der Waals surface area contributed by atoms with Gasteiger partial charge in [-0.1, -0.05) is 48.5 Å². The van der Waals surface area contributed by atoms with Gasteiger partial charge in [0.1, 0.15) is 0 Å². The zero-order valence-corrected chi connectivity index (χ0v) is 17.3. The van der Waals surface area contributed by atoms with Gasteiger partial charge < -0.3 is 5.32 Å². The van der Waals surface area contributed by atoms with E-state index in [1.54, 1.807) is 39.9 Å². The number of piperidine rings is 1. The lowest BCUT2D eigenvalue weighted by atomic mass is 9.71. The van der Waals surface area contributed by atoms with Crippen LogP contribution in [0.2, 0.25) is 0 Å². The molecule has 28 heavy (non-hydrogen) atoms. The van der Waals surface area contributed by atoms with Crippen LogP contribution in [0.4, 0.5) is 5.13 Å². The number of sulfonamides is 1. The van der Waals surface area contributed by atoms with Crippen molar-refractivity contribution in [2.24, 2.45) is 0 Å². The van der Waals surface area contributed by atoms with Crippen LogP contribution in [-0.2, 0) is 15.4 Å². The van der Waals surface area contributed by atoms with Crippen molar-refractivity contribution >= 4 is 26.5 Å². The first-order chi connectivity index (χ1) is 13.6. The number of hydrogen-bond donors (Lipinski definition) is 1. The lowest BCUT2D eigenvalue weighted by Crippen LogP contribution is -2.45. The normalized spacial score (nSPS) is 17.3. The molecule has 2 heterocycles. The standard InChI is InChI=1S/C21H23N3O2S2/c1-22-20-23-19(16-27-20)21(17-8-4-2-5-9-17)12-14-24(15-13-21)28(25,26)18-10-6-3-7-11-18/h2-11,16H,12-15H2,1H3,(H,22,23). The van der Waals surface area contributed by atoms with Gasteiger partial charge in [0.2, 0.25) is 10.0 Å². The predicted molar refractivity (Wildman–Crippen MR) is 113 cm³/mol. The number of thiazole rings is 1. The number of nitrogens with zero attached hydrogens (tertiary/aromatic N) is 2. The van der Waals surface area contributed by atoms with E-state index in [2.05, 4.69) is 22.8 Å². The first kappa shape index (κ1) is 19.1. The molecular formula is C21H23N3O2S2. The topological polar surface area (TPSA) is 62.3 Å². The summed E-state index contributed by atoms with van der Waals surface area (Å²) < 4.78 is 27.7. The Morgan fingerprint density at radius 3 is 2.18 bits per heavy atom. The second-order valence-electron chi connectivity index (χ2n) is 6.95. The molecule has 4 rings (SSSR count). The molecule has 0 radical (unpaired) electrons. The van der Waals surface area contributed by atoms with Crippen molar-refractivity contribution in [1.82, 2.24) is 9.29 Å². The largest absolute Gasteiger partial charge is 0.365 e. The summed E-state index contributed by atoms with van der Waals surface area (Å²) in [7, 11) is -1.60. The lowest BCUT2D eigenvalue weighted by Gasteiger charge is -2.40. The van der Waals surface area contributed by atoms with Crippen LogP contribution >= 0.6 is 11.3 Å². The highest BCUT2D eigenvalue weighted by Gasteiger charge is 2.42. The third-order valence-corrected chi connectivity index (χ3v) is 8.26. The Hall–Kier alpha value is -2.22. The number of aromatic nitrogens is 1. The first-order valence-electron chi connectivity index (χ1n) is 9.31. The van der Waals surface area contributed by atoms with Gasteiger partial charge in [0.15, 0.2) is 5.13 Å². The second kappa shape index (κ2) is 7.66. The van der Waals surface area contributed by atoms with E-state index in [9.17, 15) is 8.42 Å². The van der Waals surface area contributed by atoms with E-state index in [0.29, 0.717) is 30.8 Å². The van der Waals surface area contributed by atoms with Crippen LogP contribution in [0.3, 0.4) is 0 Å². The molecule has 146 valence electrons. The van der Waals surface area contributed by atoms with E-state index >= 15 is 0 Å². The molecule has 2 aromatic carbocycles. The number of benzene rings is 2. The van der Waals surface area contributed by atoms with E-state index in [4.69, 9.17) is 4.98 Å². The highest BCUT2D eigenvalue weighted by molar-refractivity contribution is 7.89. The highest BCUT2D eigenvalue weighted by atomic mass is 32.2. The zero-order valence-electron chi connectivity index (χ0n) is 15.7. The SMILES string of the molecule is CNc1nc(C2(c3ccccc3)CCN(S(=O)(=O)c3ccccc3)CC2)cs1. The molecule has 7 heteroatoms. The summed E-state index contributed by atoms with van der Waals surface area (Å²) in [5.41, 5.74) is 1.94. The maximum atomic E-state index is 13.0. The molecule has 0 aliphatic carbocycles. The van der Waals surface area contributed by atoms with Gasteiger partial charge in [-0.15, -0.1) is 11.3 Å². The third-order valence-electron chi connectivity index (χ3n) is 5.49. The van der Waals surface area contributed by atoms with Crippen molar-refractivity contribution in [1.29, 1.82) is 0 Å². The van der Waals surface area contributed by atoms with Gasteiger partial charge in [-0.3, -0.25) is 0 Å². The number of nitrogens with one attached hydrogen (secondary N) is 1. The molecule has 0 spiro atoms. The van der Waals surface area contributed by atoms with Crippen LogP contribution in [0.25, 0.3) is 0 Å². The van der Waals surface area contributed by atoms with Crippen LogP contribution in [-0.4, -0.2) is 37.8 Å². The fourth-order valence-corrected chi connectivity index (χ4v) is 6.14. The molecule has 0 amide bonds. The van der Waals surface area contributed by atoms with E-state index < -0.39 is 10.0 Å². The quantitative estimate of drug-likeness (QED) is 0.688. The first-order valence-corrected chi connectivity index (χ1v) is 11.6. The van der Waals surface area contributed by atoms with Crippen molar-refractivity contribution in [2.75, 3.05) is 25.5 Å². The third kappa shape index (κ3) is 3.34. The predicted octanol–water partition coefficient (Wildman–Crippen LogP) is 3.96. The monoisotopic (exact) mass is 413 g/mol. The molecule has 5 nitrogen and oxygen atoms in total. The summed E-state index contributed by atoms with van der Waals surface area (Å²) >= 11 is 1.59. The molecular weight excluding hydrogens is 390 g/mol. The number of hydrogen-bond acceptors (Lipinski definition) is 5. The van der Waals surface area contributed by atoms with E-state index in [1.165, 1.54) is 5.56 Å². The van der Waals surface area contributed by atoms with Gasteiger partial charge in [-0.2, -0.15) is 4.31 Å². The summed E-state index contributed by atoms with van der Waals surface area (Å²) in [6.45, 7) is 0.942. The molecule has 1 N–H and O–H groups in total. The number of rotatable bonds is 5. The Morgan fingerprint density at radius 2 is 1.61 bits per heavy atom. The minimum atomic E-state index is -3.47. The molecule has 1 aliphatic heterocycles. The van der Waals surface area contributed by atoms with Crippen LogP contribution in [0.5, 0.6) is 0 Å². The Balaban J connectivity index is 1.66. The summed E-state index contributed by atoms with van der Waals surface area (Å²) in [5, 5.41) is 6.09. The second-order valence-corrected chi connectivity index (χ2v) is 9.75. The fraction of sp³-hybridized carbons (Fsp3) is 0.286. The van der Waals surface area contributed by atoms with Gasteiger partial charge >= 0.3 is 0 Å². The Bertz CT molecular complexity index is 1030. The molecule has 0 bridgehead atoms. The molecule has 0 saturated carbocycles. The van der Waals surface area contributed by atoms with E-state index in [0.717, 1.165) is 10.8 Å². The molecule has 1 aliphatic rings. The van der Waals surface area contributed by atoms with Crippen LogP contribution < -0.4 is 5.32 Å². The average Bonchev–Trinajstić information content (AvgIpc) is 3.25. The van der Waals surface area contributed by atoms with Crippen LogP contribution in [0, 0.1) is 0 Å². The van der Waals surface area contributed by atoms with Gasteiger partial charge in [0, 0.05) is 30.9 Å². The van der Waals surface area contributed by atoms with Crippen LogP contribution in [0.1, 0.15) is 24.1 Å². The minimum Gasteiger partial charge on any atom is -0.365 e. The maximum Gasteiger partial charge on any atom is 0.243 e.